The molecule has 4 heteroatoms. The lowest BCUT2D eigenvalue weighted by Gasteiger charge is -2.14. The standard InChI is InChI=1S/C14H20ClIN2/c15-13-4-5-14(16)12(10-13)11-17-6-3-9-18-7-1-2-8-18/h4-5,10,17H,1-3,6-9,11H2. The molecule has 0 radical (unpaired) electrons. The number of nitrogens with zero attached hydrogens (tertiary/aromatic N) is 1. The van der Waals surface area contributed by atoms with Crippen molar-refractivity contribution in [2.75, 3.05) is 26.2 Å². The summed E-state index contributed by atoms with van der Waals surface area (Å²) in [5, 5.41) is 4.33. The van der Waals surface area contributed by atoms with Crippen LogP contribution in [0.5, 0.6) is 0 Å². The van der Waals surface area contributed by atoms with Crippen LogP contribution in [0.25, 0.3) is 0 Å². The van der Waals surface area contributed by atoms with Crippen LogP contribution < -0.4 is 5.32 Å². The van der Waals surface area contributed by atoms with Gasteiger partial charge in [-0.3, -0.25) is 0 Å². The van der Waals surface area contributed by atoms with Crippen molar-refractivity contribution in [3.63, 3.8) is 0 Å². The minimum Gasteiger partial charge on any atom is -0.313 e. The van der Waals surface area contributed by atoms with Crippen LogP contribution in [0.3, 0.4) is 0 Å². The quantitative estimate of drug-likeness (QED) is 0.602. The summed E-state index contributed by atoms with van der Waals surface area (Å²) in [6.07, 6.45) is 4.00. The molecule has 0 aromatic heterocycles. The van der Waals surface area contributed by atoms with E-state index < -0.39 is 0 Å². The summed E-state index contributed by atoms with van der Waals surface area (Å²) in [6, 6.07) is 6.07. The molecule has 0 atom stereocenters. The number of benzene rings is 1. The number of likely N-dealkylation sites (tertiary alicyclic amines) is 1. The highest BCUT2D eigenvalue weighted by Crippen LogP contribution is 2.17. The van der Waals surface area contributed by atoms with Crippen molar-refractivity contribution >= 4 is 34.2 Å². The topological polar surface area (TPSA) is 15.3 Å². The van der Waals surface area contributed by atoms with Crippen LogP contribution in [-0.2, 0) is 6.54 Å². The first-order valence-corrected chi connectivity index (χ1v) is 8.08. The van der Waals surface area contributed by atoms with Crippen LogP contribution in [0, 0.1) is 3.57 Å². The van der Waals surface area contributed by atoms with Gasteiger partial charge in [0, 0.05) is 15.1 Å². The average Bonchev–Trinajstić information content (AvgIpc) is 2.86. The predicted molar refractivity (Wildman–Crippen MR) is 86.2 cm³/mol. The molecule has 1 fully saturated rings. The fourth-order valence-corrected chi connectivity index (χ4v) is 3.06. The van der Waals surface area contributed by atoms with Gasteiger partial charge in [-0.1, -0.05) is 11.6 Å². The van der Waals surface area contributed by atoms with Gasteiger partial charge in [-0.15, -0.1) is 0 Å². The Hall–Kier alpha value is 0.160. The molecule has 1 saturated heterocycles. The molecule has 1 heterocycles. The van der Waals surface area contributed by atoms with E-state index in [1.54, 1.807) is 0 Å². The molecule has 0 amide bonds. The van der Waals surface area contributed by atoms with E-state index in [9.17, 15) is 0 Å². The first kappa shape index (κ1) is 14.6. The van der Waals surface area contributed by atoms with E-state index in [4.69, 9.17) is 11.6 Å². The Morgan fingerprint density at radius 1 is 1.28 bits per heavy atom. The SMILES string of the molecule is Clc1ccc(I)c(CNCCCN2CCCC2)c1. The summed E-state index contributed by atoms with van der Waals surface area (Å²) < 4.78 is 1.28. The van der Waals surface area contributed by atoms with Crippen molar-refractivity contribution in [1.29, 1.82) is 0 Å². The second-order valence-electron chi connectivity index (χ2n) is 4.81. The Morgan fingerprint density at radius 3 is 2.83 bits per heavy atom. The second kappa shape index (κ2) is 7.68. The lowest BCUT2D eigenvalue weighted by molar-refractivity contribution is 0.331. The molecule has 1 N–H and O–H groups in total. The highest BCUT2D eigenvalue weighted by atomic mass is 127. The maximum atomic E-state index is 6.01. The minimum absolute atomic E-state index is 0.823. The van der Waals surface area contributed by atoms with Crippen LogP contribution in [0.1, 0.15) is 24.8 Å². The van der Waals surface area contributed by atoms with Crippen molar-refractivity contribution in [2.45, 2.75) is 25.8 Å². The van der Waals surface area contributed by atoms with E-state index >= 15 is 0 Å². The van der Waals surface area contributed by atoms with E-state index in [2.05, 4.69) is 44.9 Å². The number of hydrogen-bond donors (Lipinski definition) is 1. The zero-order chi connectivity index (χ0) is 12.8. The van der Waals surface area contributed by atoms with Crippen molar-refractivity contribution in [2.24, 2.45) is 0 Å². The molecule has 0 saturated carbocycles. The van der Waals surface area contributed by atoms with Gasteiger partial charge in [0.1, 0.15) is 0 Å². The average molecular weight is 379 g/mol. The van der Waals surface area contributed by atoms with Crippen molar-refractivity contribution < 1.29 is 0 Å². The molecule has 0 bridgehead atoms. The Bertz CT molecular complexity index is 378. The molecule has 0 aliphatic carbocycles. The van der Waals surface area contributed by atoms with Crippen LogP contribution in [-0.4, -0.2) is 31.1 Å². The van der Waals surface area contributed by atoms with Gasteiger partial charge >= 0.3 is 0 Å². The zero-order valence-electron chi connectivity index (χ0n) is 10.6. The molecule has 2 rings (SSSR count). The number of hydrogen-bond acceptors (Lipinski definition) is 2. The molecular weight excluding hydrogens is 359 g/mol. The number of rotatable bonds is 6. The van der Waals surface area contributed by atoms with E-state index in [-0.39, 0.29) is 0 Å². The third-order valence-corrected chi connectivity index (χ3v) is 4.64. The Kier molecular flexibility index (Phi) is 6.21. The Morgan fingerprint density at radius 2 is 2.06 bits per heavy atom. The fraction of sp³-hybridized carbons (Fsp3) is 0.571. The molecule has 1 aliphatic heterocycles. The normalized spacial score (nSPS) is 16.3. The van der Waals surface area contributed by atoms with Gasteiger partial charge in [0.25, 0.3) is 0 Å². The van der Waals surface area contributed by atoms with Crippen molar-refractivity contribution in [3.8, 4) is 0 Å². The zero-order valence-corrected chi connectivity index (χ0v) is 13.5. The molecule has 1 aliphatic rings. The summed E-state index contributed by atoms with van der Waals surface area (Å²) in [6.45, 7) is 5.83. The molecule has 100 valence electrons. The lowest BCUT2D eigenvalue weighted by atomic mass is 10.2. The summed E-state index contributed by atoms with van der Waals surface area (Å²) in [5.41, 5.74) is 1.30. The van der Waals surface area contributed by atoms with Crippen molar-refractivity contribution in [1.82, 2.24) is 10.2 Å². The fourth-order valence-electron chi connectivity index (χ4n) is 2.34. The lowest BCUT2D eigenvalue weighted by Crippen LogP contribution is -2.24. The first-order valence-electron chi connectivity index (χ1n) is 6.63. The molecule has 2 nitrogen and oxygen atoms in total. The van der Waals surface area contributed by atoms with Gasteiger partial charge in [0.15, 0.2) is 0 Å². The molecule has 0 spiro atoms. The summed E-state index contributed by atoms with van der Waals surface area (Å²) >= 11 is 8.37. The summed E-state index contributed by atoms with van der Waals surface area (Å²) in [7, 11) is 0. The van der Waals surface area contributed by atoms with Crippen molar-refractivity contribution in [3.05, 3.63) is 32.4 Å². The Labute approximate surface area is 128 Å². The molecule has 1 aromatic carbocycles. The number of halogens is 2. The third-order valence-electron chi connectivity index (χ3n) is 3.35. The maximum absolute atomic E-state index is 6.01. The third kappa shape index (κ3) is 4.68. The van der Waals surface area contributed by atoms with Gasteiger partial charge in [-0.05, 0) is 91.8 Å². The highest BCUT2D eigenvalue weighted by Gasteiger charge is 2.09. The van der Waals surface area contributed by atoms with Gasteiger partial charge in [-0.2, -0.15) is 0 Å². The Balaban J connectivity index is 1.64. The first-order chi connectivity index (χ1) is 8.75. The number of nitrogens with one attached hydrogen (secondary N) is 1. The van der Waals surface area contributed by atoms with Gasteiger partial charge in [0.2, 0.25) is 0 Å². The van der Waals surface area contributed by atoms with Crippen LogP contribution >= 0.6 is 34.2 Å². The van der Waals surface area contributed by atoms with Gasteiger partial charge < -0.3 is 10.2 Å². The van der Waals surface area contributed by atoms with E-state index in [0.29, 0.717) is 0 Å². The van der Waals surface area contributed by atoms with E-state index in [1.807, 2.05) is 6.07 Å². The highest BCUT2D eigenvalue weighted by molar-refractivity contribution is 14.1. The summed E-state index contributed by atoms with van der Waals surface area (Å²) in [4.78, 5) is 2.56. The maximum Gasteiger partial charge on any atom is 0.0409 e. The minimum atomic E-state index is 0.823. The monoisotopic (exact) mass is 378 g/mol. The van der Waals surface area contributed by atoms with Gasteiger partial charge in [0.05, 0.1) is 0 Å². The summed E-state index contributed by atoms with van der Waals surface area (Å²) in [5.74, 6) is 0. The largest absolute Gasteiger partial charge is 0.313 e. The molecule has 1 aromatic rings. The second-order valence-corrected chi connectivity index (χ2v) is 6.41. The molecular formula is C14H20ClIN2. The molecule has 18 heavy (non-hydrogen) atoms. The van der Waals surface area contributed by atoms with Crippen LogP contribution in [0.4, 0.5) is 0 Å². The van der Waals surface area contributed by atoms with Crippen LogP contribution in [0.2, 0.25) is 5.02 Å². The van der Waals surface area contributed by atoms with E-state index in [1.165, 1.54) is 48.0 Å². The van der Waals surface area contributed by atoms with E-state index in [0.717, 1.165) is 18.1 Å². The molecule has 0 unspecified atom stereocenters. The van der Waals surface area contributed by atoms with Gasteiger partial charge in [-0.25, -0.2) is 0 Å². The van der Waals surface area contributed by atoms with Crippen LogP contribution in [0.15, 0.2) is 18.2 Å². The smallest absolute Gasteiger partial charge is 0.0409 e. The predicted octanol–water partition coefficient (Wildman–Crippen LogP) is 3.52.